The molecule has 4 rings (SSSR count). The Morgan fingerprint density at radius 2 is 1.82 bits per heavy atom. The number of carbonyl (C=O) groups is 1. The van der Waals surface area contributed by atoms with Crippen LogP contribution in [0.25, 0.3) is 11.5 Å². The Hall–Kier alpha value is -3.35. The SMILES string of the molecule is COc1cccc(N2CCN(C(=O)c3noc(-c4ccc(C)cc4)n3)CC2)c1. The molecule has 0 unspecified atom stereocenters. The maximum atomic E-state index is 12.7. The zero-order valence-electron chi connectivity index (χ0n) is 16.0. The molecule has 0 N–H and O–H groups in total. The summed E-state index contributed by atoms with van der Waals surface area (Å²) in [5, 5.41) is 3.88. The molecule has 2 aromatic carbocycles. The van der Waals surface area contributed by atoms with Crippen molar-refractivity contribution < 1.29 is 14.1 Å². The van der Waals surface area contributed by atoms with Crippen molar-refractivity contribution in [2.75, 3.05) is 38.2 Å². The molecular formula is C21H22N4O3. The zero-order chi connectivity index (χ0) is 19.5. The van der Waals surface area contributed by atoms with Crippen molar-refractivity contribution in [2.45, 2.75) is 6.92 Å². The first kappa shape index (κ1) is 18.0. The molecule has 1 aliphatic heterocycles. The van der Waals surface area contributed by atoms with E-state index < -0.39 is 0 Å². The molecule has 1 saturated heterocycles. The molecule has 3 aromatic rings. The molecule has 7 heteroatoms. The number of ether oxygens (including phenoxy) is 1. The summed E-state index contributed by atoms with van der Waals surface area (Å²) in [6.07, 6.45) is 0. The van der Waals surface area contributed by atoms with Crippen LogP contribution in [0.4, 0.5) is 5.69 Å². The Morgan fingerprint density at radius 3 is 2.54 bits per heavy atom. The summed E-state index contributed by atoms with van der Waals surface area (Å²) in [5.74, 6) is 1.09. The van der Waals surface area contributed by atoms with Gasteiger partial charge in [0.1, 0.15) is 5.75 Å². The van der Waals surface area contributed by atoms with Gasteiger partial charge in [0.2, 0.25) is 0 Å². The molecule has 0 aliphatic carbocycles. The lowest BCUT2D eigenvalue weighted by Crippen LogP contribution is -2.49. The predicted molar refractivity (Wildman–Crippen MR) is 106 cm³/mol. The number of carbonyl (C=O) groups excluding carboxylic acids is 1. The lowest BCUT2D eigenvalue weighted by molar-refractivity contribution is 0.0731. The third-order valence-electron chi connectivity index (χ3n) is 4.90. The van der Waals surface area contributed by atoms with E-state index in [0.29, 0.717) is 19.0 Å². The van der Waals surface area contributed by atoms with Gasteiger partial charge in [-0.2, -0.15) is 4.98 Å². The zero-order valence-corrected chi connectivity index (χ0v) is 16.0. The van der Waals surface area contributed by atoms with Crippen LogP contribution >= 0.6 is 0 Å². The monoisotopic (exact) mass is 378 g/mol. The first-order valence-corrected chi connectivity index (χ1v) is 9.23. The average molecular weight is 378 g/mol. The second-order valence-electron chi connectivity index (χ2n) is 6.77. The van der Waals surface area contributed by atoms with Crippen LogP contribution in [0.2, 0.25) is 0 Å². The highest BCUT2D eigenvalue weighted by Crippen LogP contribution is 2.23. The van der Waals surface area contributed by atoms with Crippen molar-refractivity contribution in [3.05, 3.63) is 59.9 Å². The summed E-state index contributed by atoms with van der Waals surface area (Å²) in [6.45, 7) is 4.69. The van der Waals surface area contributed by atoms with Crippen LogP contribution in [-0.4, -0.2) is 54.2 Å². The van der Waals surface area contributed by atoms with Crippen LogP contribution in [-0.2, 0) is 0 Å². The summed E-state index contributed by atoms with van der Waals surface area (Å²) in [4.78, 5) is 21.0. The van der Waals surface area contributed by atoms with E-state index in [4.69, 9.17) is 9.26 Å². The van der Waals surface area contributed by atoms with Crippen molar-refractivity contribution in [3.8, 4) is 17.2 Å². The second kappa shape index (κ2) is 7.72. The molecule has 0 spiro atoms. The summed E-state index contributed by atoms with van der Waals surface area (Å²) < 4.78 is 10.6. The van der Waals surface area contributed by atoms with Crippen LogP contribution in [0, 0.1) is 6.92 Å². The quantitative estimate of drug-likeness (QED) is 0.695. The number of nitrogens with zero attached hydrogens (tertiary/aromatic N) is 4. The first-order chi connectivity index (χ1) is 13.6. The molecule has 0 atom stereocenters. The van der Waals surface area contributed by atoms with Gasteiger partial charge < -0.3 is 19.1 Å². The molecule has 28 heavy (non-hydrogen) atoms. The lowest BCUT2D eigenvalue weighted by atomic mass is 10.1. The summed E-state index contributed by atoms with van der Waals surface area (Å²) in [7, 11) is 1.66. The Balaban J connectivity index is 1.41. The Labute approximate surface area is 163 Å². The number of aromatic nitrogens is 2. The van der Waals surface area contributed by atoms with E-state index in [1.54, 1.807) is 12.0 Å². The van der Waals surface area contributed by atoms with Crippen molar-refractivity contribution in [3.63, 3.8) is 0 Å². The van der Waals surface area contributed by atoms with Crippen LogP contribution in [0.3, 0.4) is 0 Å². The fourth-order valence-corrected chi connectivity index (χ4v) is 3.24. The van der Waals surface area contributed by atoms with Gasteiger partial charge >= 0.3 is 0 Å². The van der Waals surface area contributed by atoms with E-state index in [1.165, 1.54) is 0 Å². The van der Waals surface area contributed by atoms with Gasteiger partial charge in [0.25, 0.3) is 17.6 Å². The number of hydrogen-bond donors (Lipinski definition) is 0. The minimum Gasteiger partial charge on any atom is -0.497 e. The van der Waals surface area contributed by atoms with Gasteiger partial charge in [-0.25, -0.2) is 0 Å². The smallest absolute Gasteiger partial charge is 0.295 e. The molecule has 0 saturated carbocycles. The highest BCUT2D eigenvalue weighted by Gasteiger charge is 2.26. The van der Waals surface area contributed by atoms with Gasteiger partial charge in [-0.3, -0.25) is 4.79 Å². The number of benzene rings is 2. The maximum absolute atomic E-state index is 12.7. The number of rotatable bonds is 4. The molecule has 144 valence electrons. The molecule has 0 radical (unpaired) electrons. The van der Waals surface area contributed by atoms with Gasteiger partial charge in [-0.1, -0.05) is 28.9 Å². The van der Waals surface area contributed by atoms with E-state index >= 15 is 0 Å². The molecular weight excluding hydrogens is 356 g/mol. The van der Waals surface area contributed by atoms with Crippen molar-refractivity contribution in [1.82, 2.24) is 15.0 Å². The van der Waals surface area contributed by atoms with E-state index in [1.807, 2.05) is 55.5 Å². The predicted octanol–water partition coefficient (Wildman–Crippen LogP) is 3.02. The molecule has 0 bridgehead atoms. The van der Waals surface area contributed by atoms with Crippen LogP contribution in [0.15, 0.2) is 53.1 Å². The number of piperazine rings is 1. The van der Waals surface area contributed by atoms with Gasteiger partial charge in [-0.15, -0.1) is 0 Å². The molecule has 2 heterocycles. The number of amides is 1. The lowest BCUT2D eigenvalue weighted by Gasteiger charge is -2.35. The fraction of sp³-hybridized carbons (Fsp3) is 0.286. The van der Waals surface area contributed by atoms with Crippen molar-refractivity contribution in [1.29, 1.82) is 0 Å². The largest absolute Gasteiger partial charge is 0.497 e. The van der Waals surface area contributed by atoms with Gasteiger partial charge in [0.15, 0.2) is 0 Å². The van der Waals surface area contributed by atoms with Crippen LogP contribution < -0.4 is 9.64 Å². The highest BCUT2D eigenvalue weighted by atomic mass is 16.5. The molecule has 1 amide bonds. The van der Waals surface area contributed by atoms with E-state index in [-0.39, 0.29) is 11.7 Å². The molecule has 1 aliphatic rings. The van der Waals surface area contributed by atoms with Crippen molar-refractivity contribution in [2.24, 2.45) is 0 Å². The number of aryl methyl sites for hydroxylation is 1. The summed E-state index contributed by atoms with van der Waals surface area (Å²) in [6, 6.07) is 15.7. The second-order valence-corrected chi connectivity index (χ2v) is 6.77. The highest BCUT2D eigenvalue weighted by molar-refractivity contribution is 5.91. The van der Waals surface area contributed by atoms with Crippen LogP contribution in [0.5, 0.6) is 5.75 Å². The summed E-state index contributed by atoms with van der Waals surface area (Å²) >= 11 is 0. The maximum Gasteiger partial charge on any atom is 0.295 e. The number of methoxy groups -OCH3 is 1. The Kier molecular flexibility index (Phi) is 4.97. The number of anilines is 1. The summed E-state index contributed by atoms with van der Waals surface area (Å²) in [5.41, 5.74) is 3.04. The van der Waals surface area contributed by atoms with Crippen molar-refractivity contribution >= 4 is 11.6 Å². The topological polar surface area (TPSA) is 71.7 Å². The normalized spacial score (nSPS) is 14.2. The van der Waals surface area contributed by atoms with E-state index in [0.717, 1.165) is 35.7 Å². The van der Waals surface area contributed by atoms with E-state index in [9.17, 15) is 4.79 Å². The van der Waals surface area contributed by atoms with Crippen LogP contribution in [0.1, 0.15) is 16.2 Å². The molecule has 1 fully saturated rings. The average Bonchev–Trinajstić information content (AvgIpc) is 3.24. The van der Waals surface area contributed by atoms with Gasteiger partial charge in [0, 0.05) is 43.5 Å². The number of hydrogen-bond acceptors (Lipinski definition) is 6. The molecule has 7 nitrogen and oxygen atoms in total. The third kappa shape index (κ3) is 3.69. The van der Waals surface area contributed by atoms with Gasteiger partial charge in [0.05, 0.1) is 7.11 Å². The minimum atomic E-state index is -0.201. The van der Waals surface area contributed by atoms with Gasteiger partial charge in [-0.05, 0) is 31.2 Å². The first-order valence-electron chi connectivity index (χ1n) is 9.23. The standard InChI is InChI=1S/C21H22N4O3/c1-15-6-8-16(9-7-15)20-22-19(23-28-20)21(26)25-12-10-24(11-13-25)17-4-3-5-18(14-17)27-2/h3-9,14H,10-13H2,1-2H3. The minimum absolute atomic E-state index is 0.102. The van der Waals surface area contributed by atoms with E-state index in [2.05, 4.69) is 15.0 Å². The third-order valence-corrected chi connectivity index (χ3v) is 4.90. The molecule has 1 aromatic heterocycles. The Bertz CT molecular complexity index is 960. The Morgan fingerprint density at radius 1 is 1.07 bits per heavy atom. The fourth-order valence-electron chi connectivity index (χ4n) is 3.24.